The van der Waals surface area contributed by atoms with Gasteiger partial charge >= 0.3 is 0 Å². The van der Waals surface area contributed by atoms with Crippen molar-refractivity contribution in [3.8, 4) is 5.75 Å². The van der Waals surface area contributed by atoms with Gasteiger partial charge in [0.05, 0.1) is 23.2 Å². The maximum absolute atomic E-state index is 14.0. The third kappa shape index (κ3) is 4.67. The summed E-state index contributed by atoms with van der Waals surface area (Å²) in [6.07, 6.45) is 1.13. The van der Waals surface area contributed by atoms with E-state index in [1.54, 1.807) is 37.3 Å². The molecule has 0 saturated carbocycles. The van der Waals surface area contributed by atoms with Gasteiger partial charge < -0.3 is 14.6 Å². The van der Waals surface area contributed by atoms with Crippen molar-refractivity contribution in [2.75, 3.05) is 12.4 Å². The zero-order chi connectivity index (χ0) is 25.3. The average Bonchev–Trinajstić information content (AvgIpc) is 2.82. The molecular formula is C26H23FN2O5S. The lowest BCUT2D eigenvalue weighted by atomic mass is 10.1. The molecule has 35 heavy (non-hydrogen) atoms. The van der Waals surface area contributed by atoms with Crippen molar-refractivity contribution in [3.05, 3.63) is 94.0 Å². The summed E-state index contributed by atoms with van der Waals surface area (Å²) in [5, 5.41) is 2.58. The molecule has 0 saturated heterocycles. The van der Waals surface area contributed by atoms with Crippen molar-refractivity contribution in [2.45, 2.75) is 30.2 Å². The number of halogens is 1. The molecule has 0 radical (unpaired) electrons. The van der Waals surface area contributed by atoms with Gasteiger partial charge in [-0.05, 0) is 67.4 Å². The van der Waals surface area contributed by atoms with Gasteiger partial charge in [0.2, 0.25) is 21.2 Å². The summed E-state index contributed by atoms with van der Waals surface area (Å²) in [4.78, 5) is 25.5. The van der Waals surface area contributed by atoms with Gasteiger partial charge in [0.1, 0.15) is 23.0 Å². The number of rotatable bonds is 6. The Hall–Kier alpha value is -3.98. The van der Waals surface area contributed by atoms with Crippen LogP contribution in [0.25, 0.3) is 10.9 Å². The van der Waals surface area contributed by atoms with E-state index in [1.807, 2.05) is 6.92 Å². The molecule has 0 bridgehead atoms. The molecule has 3 aromatic carbocycles. The van der Waals surface area contributed by atoms with Gasteiger partial charge in [-0.2, -0.15) is 0 Å². The molecule has 7 nitrogen and oxygen atoms in total. The minimum atomic E-state index is -4.25. The van der Waals surface area contributed by atoms with Crippen LogP contribution in [-0.4, -0.2) is 26.0 Å². The van der Waals surface area contributed by atoms with E-state index in [0.29, 0.717) is 11.4 Å². The SMILES string of the molecule is COc1ccccc1NC(=O)Cn1cc(S(=O)(=O)c2ccc(C)c(C)c2)c(=O)c2cc(F)ccc21. The van der Waals surface area contributed by atoms with Crippen LogP contribution in [0.2, 0.25) is 0 Å². The molecule has 9 heteroatoms. The summed E-state index contributed by atoms with van der Waals surface area (Å²) < 4.78 is 47.5. The van der Waals surface area contributed by atoms with Crippen molar-refractivity contribution in [3.63, 3.8) is 0 Å². The highest BCUT2D eigenvalue weighted by atomic mass is 32.2. The average molecular weight is 495 g/mol. The Kier molecular flexibility index (Phi) is 6.45. The molecule has 4 rings (SSSR count). The summed E-state index contributed by atoms with van der Waals surface area (Å²) in [5.41, 5.74) is 1.47. The summed E-state index contributed by atoms with van der Waals surface area (Å²) in [6.45, 7) is 3.29. The maximum Gasteiger partial charge on any atom is 0.244 e. The Bertz CT molecular complexity index is 1630. The predicted molar refractivity (Wildman–Crippen MR) is 131 cm³/mol. The summed E-state index contributed by atoms with van der Waals surface area (Å²) in [7, 11) is -2.78. The van der Waals surface area contributed by atoms with Crippen molar-refractivity contribution in [1.29, 1.82) is 0 Å². The highest BCUT2D eigenvalue weighted by molar-refractivity contribution is 7.91. The second-order valence-electron chi connectivity index (χ2n) is 8.11. The lowest BCUT2D eigenvalue weighted by Crippen LogP contribution is -2.24. The number of hydrogen-bond acceptors (Lipinski definition) is 5. The molecular weight excluding hydrogens is 471 g/mol. The summed E-state index contributed by atoms with van der Waals surface area (Å²) in [5.74, 6) is -0.732. The number of ether oxygens (including phenoxy) is 1. The van der Waals surface area contributed by atoms with Gasteiger partial charge in [-0.25, -0.2) is 12.8 Å². The second-order valence-corrected chi connectivity index (χ2v) is 10.0. The van der Waals surface area contributed by atoms with Gasteiger partial charge in [0, 0.05) is 11.6 Å². The Morgan fingerprint density at radius 3 is 2.49 bits per heavy atom. The van der Waals surface area contributed by atoms with Gasteiger partial charge in [-0.3, -0.25) is 9.59 Å². The Morgan fingerprint density at radius 1 is 1.03 bits per heavy atom. The number of pyridine rings is 1. The van der Waals surface area contributed by atoms with E-state index in [0.717, 1.165) is 29.5 Å². The summed E-state index contributed by atoms with van der Waals surface area (Å²) >= 11 is 0. The molecule has 1 heterocycles. The number of hydrogen-bond donors (Lipinski definition) is 1. The lowest BCUT2D eigenvalue weighted by molar-refractivity contribution is -0.116. The molecule has 180 valence electrons. The van der Waals surface area contributed by atoms with Gasteiger partial charge in [0.25, 0.3) is 0 Å². The summed E-state index contributed by atoms with van der Waals surface area (Å²) in [6, 6.07) is 14.8. The van der Waals surface area contributed by atoms with Crippen molar-refractivity contribution >= 4 is 32.3 Å². The topological polar surface area (TPSA) is 94.5 Å². The number of nitrogens with zero attached hydrogens (tertiary/aromatic N) is 1. The number of methoxy groups -OCH3 is 1. The zero-order valence-corrected chi connectivity index (χ0v) is 20.1. The van der Waals surface area contributed by atoms with Crippen molar-refractivity contribution in [2.24, 2.45) is 0 Å². The Labute approximate surface area is 201 Å². The number of carbonyl (C=O) groups excluding carboxylic acids is 1. The minimum Gasteiger partial charge on any atom is -0.495 e. The number of amides is 1. The molecule has 1 aromatic heterocycles. The largest absolute Gasteiger partial charge is 0.495 e. The molecule has 4 aromatic rings. The monoisotopic (exact) mass is 494 g/mol. The first kappa shape index (κ1) is 24.2. The first-order valence-electron chi connectivity index (χ1n) is 10.7. The van der Waals surface area contributed by atoms with E-state index < -0.39 is 31.9 Å². The zero-order valence-electron chi connectivity index (χ0n) is 19.3. The number of carbonyl (C=O) groups is 1. The van der Waals surface area contributed by atoms with E-state index >= 15 is 0 Å². The predicted octanol–water partition coefficient (Wildman–Crippen LogP) is 4.24. The quantitative estimate of drug-likeness (QED) is 0.433. The number of sulfone groups is 1. The molecule has 0 aliphatic heterocycles. The maximum atomic E-state index is 14.0. The molecule has 1 amide bonds. The van der Waals surface area contributed by atoms with E-state index in [9.17, 15) is 22.4 Å². The van der Waals surface area contributed by atoms with Crippen LogP contribution in [0.1, 0.15) is 11.1 Å². The van der Waals surface area contributed by atoms with Crippen molar-refractivity contribution in [1.82, 2.24) is 4.57 Å². The molecule has 1 N–H and O–H groups in total. The highest BCUT2D eigenvalue weighted by Gasteiger charge is 2.25. The van der Waals surface area contributed by atoms with Crippen LogP contribution >= 0.6 is 0 Å². The number of benzene rings is 3. The number of aryl methyl sites for hydroxylation is 2. The van der Waals surface area contributed by atoms with Gasteiger partial charge in [-0.15, -0.1) is 0 Å². The van der Waals surface area contributed by atoms with Gasteiger partial charge in [0.15, 0.2) is 0 Å². The van der Waals surface area contributed by atoms with E-state index in [2.05, 4.69) is 5.32 Å². The minimum absolute atomic E-state index is 0.0570. The number of anilines is 1. The third-order valence-corrected chi connectivity index (χ3v) is 7.53. The van der Waals surface area contributed by atoms with Crippen LogP contribution in [0.3, 0.4) is 0 Å². The van der Waals surface area contributed by atoms with Crippen LogP contribution in [0.15, 0.2) is 81.4 Å². The highest BCUT2D eigenvalue weighted by Crippen LogP contribution is 2.25. The number of nitrogens with one attached hydrogen (secondary N) is 1. The lowest BCUT2D eigenvalue weighted by Gasteiger charge is -2.15. The molecule has 0 aliphatic carbocycles. The Morgan fingerprint density at radius 2 is 1.77 bits per heavy atom. The number of para-hydroxylation sites is 2. The molecule has 0 atom stereocenters. The Balaban J connectivity index is 1.83. The molecule has 0 unspecified atom stereocenters. The number of fused-ring (bicyclic) bond motifs is 1. The fourth-order valence-corrected chi connectivity index (χ4v) is 5.22. The second kappa shape index (κ2) is 9.34. The van der Waals surface area contributed by atoms with E-state index in [-0.39, 0.29) is 22.3 Å². The fraction of sp³-hybridized carbons (Fsp3) is 0.154. The molecule has 0 spiro atoms. The van der Waals surface area contributed by atoms with Crippen LogP contribution < -0.4 is 15.5 Å². The van der Waals surface area contributed by atoms with Crippen LogP contribution in [0.5, 0.6) is 5.75 Å². The van der Waals surface area contributed by atoms with Crippen LogP contribution in [0, 0.1) is 19.7 Å². The first-order chi connectivity index (χ1) is 16.6. The van der Waals surface area contributed by atoms with Crippen molar-refractivity contribution < 1.29 is 22.3 Å². The molecule has 0 fully saturated rings. The first-order valence-corrected chi connectivity index (χ1v) is 12.2. The van der Waals surface area contributed by atoms with Crippen LogP contribution in [-0.2, 0) is 21.2 Å². The molecule has 0 aliphatic rings. The van der Waals surface area contributed by atoms with Gasteiger partial charge in [-0.1, -0.05) is 18.2 Å². The van der Waals surface area contributed by atoms with E-state index in [1.165, 1.54) is 29.9 Å². The van der Waals surface area contributed by atoms with E-state index in [4.69, 9.17) is 4.74 Å². The standard InChI is InChI=1S/C26H23FN2O5S/c1-16-8-10-19(12-17(16)2)35(32,33)24-14-29(22-11-9-18(27)13-20(22)26(24)31)15-25(30)28-21-6-4-5-7-23(21)34-3/h4-14H,15H2,1-3H3,(H,28,30). The fourth-order valence-electron chi connectivity index (χ4n) is 3.77. The normalized spacial score (nSPS) is 11.4. The van der Waals surface area contributed by atoms with Crippen LogP contribution in [0.4, 0.5) is 10.1 Å². The number of aromatic nitrogens is 1. The third-order valence-electron chi connectivity index (χ3n) is 5.78. The smallest absolute Gasteiger partial charge is 0.244 e.